The van der Waals surface area contributed by atoms with Gasteiger partial charge in [0.05, 0.1) is 11.7 Å². The maximum absolute atomic E-state index is 6.26. The molecule has 3 fully saturated rings. The maximum atomic E-state index is 6.26. The summed E-state index contributed by atoms with van der Waals surface area (Å²) in [7, 11) is 0. The molecule has 2 saturated carbocycles. The van der Waals surface area contributed by atoms with E-state index in [-0.39, 0.29) is 5.60 Å². The topological polar surface area (TPSA) is 21.3 Å². The Bertz CT molecular complexity index is 315. The molecule has 3 rings (SSSR count). The van der Waals surface area contributed by atoms with E-state index in [1.54, 1.807) is 0 Å². The Morgan fingerprint density at radius 1 is 1.21 bits per heavy atom. The standard InChI is InChI=1S/C17H31NO/c1-4-7-18-12-17(9-13-8-14(13)10-17)11-15-5-6-16(2,3)19-15/h13-15,18H,4-12H2,1-3H3. The van der Waals surface area contributed by atoms with Gasteiger partial charge < -0.3 is 10.1 Å². The zero-order chi connectivity index (χ0) is 13.5. The molecule has 0 bridgehead atoms. The minimum atomic E-state index is 0.129. The van der Waals surface area contributed by atoms with Gasteiger partial charge in [-0.15, -0.1) is 0 Å². The van der Waals surface area contributed by atoms with Gasteiger partial charge in [-0.25, -0.2) is 0 Å². The molecule has 3 unspecified atom stereocenters. The zero-order valence-corrected chi connectivity index (χ0v) is 13.0. The monoisotopic (exact) mass is 265 g/mol. The molecule has 3 atom stereocenters. The lowest BCUT2D eigenvalue weighted by Crippen LogP contribution is -2.37. The van der Waals surface area contributed by atoms with E-state index >= 15 is 0 Å². The first kappa shape index (κ1) is 13.9. The van der Waals surface area contributed by atoms with E-state index in [9.17, 15) is 0 Å². The molecule has 1 N–H and O–H groups in total. The third-order valence-electron chi connectivity index (χ3n) is 5.60. The van der Waals surface area contributed by atoms with Crippen LogP contribution >= 0.6 is 0 Å². The molecule has 0 aromatic carbocycles. The molecule has 0 radical (unpaired) electrons. The van der Waals surface area contributed by atoms with Crippen LogP contribution in [0.15, 0.2) is 0 Å². The molecule has 1 heterocycles. The molecule has 3 aliphatic rings. The summed E-state index contributed by atoms with van der Waals surface area (Å²) >= 11 is 0. The summed E-state index contributed by atoms with van der Waals surface area (Å²) in [5.74, 6) is 2.13. The highest BCUT2D eigenvalue weighted by atomic mass is 16.5. The van der Waals surface area contributed by atoms with Crippen LogP contribution in [0.4, 0.5) is 0 Å². The van der Waals surface area contributed by atoms with Crippen molar-refractivity contribution in [2.24, 2.45) is 17.3 Å². The number of hydrogen-bond donors (Lipinski definition) is 1. The molecular formula is C17H31NO. The smallest absolute Gasteiger partial charge is 0.0631 e. The summed E-state index contributed by atoms with van der Waals surface area (Å²) in [5, 5.41) is 3.70. The molecule has 1 saturated heterocycles. The highest BCUT2D eigenvalue weighted by molar-refractivity contribution is 5.05. The van der Waals surface area contributed by atoms with Gasteiger partial charge >= 0.3 is 0 Å². The van der Waals surface area contributed by atoms with Crippen LogP contribution in [0, 0.1) is 17.3 Å². The lowest BCUT2D eigenvalue weighted by atomic mass is 9.77. The van der Waals surface area contributed by atoms with E-state index in [1.165, 1.54) is 58.0 Å². The van der Waals surface area contributed by atoms with Crippen LogP contribution in [0.25, 0.3) is 0 Å². The van der Waals surface area contributed by atoms with Crippen LogP contribution in [0.1, 0.15) is 65.7 Å². The van der Waals surface area contributed by atoms with Crippen molar-refractivity contribution >= 4 is 0 Å². The Hall–Kier alpha value is -0.0800. The summed E-state index contributed by atoms with van der Waals surface area (Å²) in [6.07, 6.45) is 10.0. The van der Waals surface area contributed by atoms with Crippen molar-refractivity contribution in [2.45, 2.75) is 77.4 Å². The Morgan fingerprint density at radius 3 is 2.53 bits per heavy atom. The second-order valence-electron chi connectivity index (χ2n) is 8.08. The summed E-state index contributed by atoms with van der Waals surface area (Å²) in [4.78, 5) is 0. The number of nitrogens with one attached hydrogen (secondary N) is 1. The first-order valence-corrected chi connectivity index (χ1v) is 8.40. The van der Waals surface area contributed by atoms with Crippen molar-refractivity contribution in [1.82, 2.24) is 5.32 Å². The fourth-order valence-electron chi connectivity index (χ4n) is 4.62. The van der Waals surface area contributed by atoms with E-state index in [2.05, 4.69) is 26.1 Å². The van der Waals surface area contributed by atoms with Crippen LogP contribution in [-0.2, 0) is 4.74 Å². The first-order chi connectivity index (χ1) is 9.02. The maximum Gasteiger partial charge on any atom is 0.0631 e. The van der Waals surface area contributed by atoms with Gasteiger partial charge in [0, 0.05) is 6.54 Å². The highest BCUT2D eigenvalue weighted by Gasteiger charge is 2.54. The van der Waals surface area contributed by atoms with Gasteiger partial charge in [-0.3, -0.25) is 0 Å². The van der Waals surface area contributed by atoms with Crippen molar-refractivity contribution in [3.05, 3.63) is 0 Å². The predicted molar refractivity (Wildman–Crippen MR) is 79.2 cm³/mol. The summed E-state index contributed by atoms with van der Waals surface area (Å²) in [5.41, 5.74) is 0.693. The summed E-state index contributed by atoms with van der Waals surface area (Å²) < 4.78 is 6.26. The Morgan fingerprint density at radius 2 is 1.95 bits per heavy atom. The zero-order valence-electron chi connectivity index (χ0n) is 13.0. The van der Waals surface area contributed by atoms with E-state index in [0.717, 1.165) is 11.8 Å². The number of fused-ring (bicyclic) bond motifs is 1. The quantitative estimate of drug-likeness (QED) is 0.739. The van der Waals surface area contributed by atoms with E-state index in [0.29, 0.717) is 11.5 Å². The van der Waals surface area contributed by atoms with Crippen LogP contribution < -0.4 is 5.32 Å². The fourth-order valence-corrected chi connectivity index (χ4v) is 4.62. The normalized spacial score (nSPS) is 43.4. The van der Waals surface area contributed by atoms with Gasteiger partial charge in [-0.1, -0.05) is 6.92 Å². The molecule has 2 heteroatoms. The van der Waals surface area contributed by atoms with Gasteiger partial charge in [0.15, 0.2) is 0 Å². The third kappa shape index (κ3) is 3.16. The average Bonchev–Trinajstić information content (AvgIpc) is 2.79. The van der Waals surface area contributed by atoms with Crippen LogP contribution in [0.2, 0.25) is 0 Å². The number of rotatable bonds is 6. The minimum absolute atomic E-state index is 0.129. The van der Waals surface area contributed by atoms with Crippen LogP contribution in [0.3, 0.4) is 0 Å². The van der Waals surface area contributed by atoms with E-state index in [4.69, 9.17) is 4.74 Å². The number of ether oxygens (including phenoxy) is 1. The molecule has 0 spiro atoms. The Kier molecular flexibility index (Phi) is 3.68. The number of hydrogen-bond acceptors (Lipinski definition) is 2. The predicted octanol–water partition coefficient (Wildman–Crippen LogP) is 3.75. The summed E-state index contributed by atoms with van der Waals surface area (Å²) in [6.45, 7) is 9.17. The SMILES string of the molecule is CCCNCC1(CC2CCC(C)(C)O2)CC2CC2C1. The molecule has 110 valence electrons. The van der Waals surface area contributed by atoms with Crippen molar-refractivity contribution < 1.29 is 4.74 Å². The lowest BCUT2D eigenvalue weighted by Gasteiger charge is -2.34. The minimum Gasteiger partial charge on any atom is -0.372 e. The molecule has 2 nitrogen and oxygen atoms in total. The van der Waals surface area contributed by atoms with Crippen molar-refractivity contribution in [1.29, 1.82) is 0 Å². The van der Waals surface area contributed by atoms with Gasteiger partial charge in [0.1, 0.15) is 0 Å². The van der Waals surface area contributed by atoms with Gasteiger partial charge in [-0.2, -0.15) is 0 Å². The van der Waals surface area contributed by atoms with Gasteiger partial charge in [-0.05, 0) is 82.6 Å². The molecule has 0 aromatic heterocycles. The fraction of sp³-hybridized carbons (Fsp3) is 1.00. The van der Waals surface area contributed by atoms with Crippen molar-refractivity contribution in [3.63, 3.8) is 0 Å². The van der Waals surface area contributed by atoms with Gasteiger partial charge in [0.25, 0.3) is 0 Å². The van der Waals surface area contributed by atoms with E-state index in [1.807, 2.05) is 0 Å². The lowest BCUT2D eigenvalue weighted by molar-refractivity contribution is -0.0365. The van der Waals surface area contributed by atoms with Crippen molar-refractivity contribution in [2.75, 3.05) is 13.1 Å². The second kappa shape index (κ2) is 5.04. The second-order valence-corrected chi connectivity index (χ2v) is 8.08. The third-order valence-corrected chi connectivity index (χ3v) is 5.60. The largest absolute Gasteiger partial charge is 0.372 e. The van der Waals surface area contributed by atoms with Crippen molar-refractivity contribution in [3.8, 4) is 0 Å². The Balaban J connectivity index is 1.57. The average molecular weight is 265 g/mol. The molecule has 0 aromatic rings. The molecule has 1 aliphatic heterocycles. The molecule has 2 aliphatic carbocycles. The molecule has 19 heavy (non-hydrogen) atoms. The molecule has 0 amide bonds. The Labute approximate surface area is 118 Å². The highest BCUT2D eigenvalue weighted by Crippen LogP contribution is 2.61. The van der Waals surface area contributed by atoms with Crippen LogP contribution in [0.5, 0.6) is 0 Å². The van der Waals surface area contributed by atoms with E-state index < -0.39 is 0 Å². The summed E-state index contributed by atoms with van der Waals surface area (Å²) in [6, 6.07) is 0. The van der Waals surface area contributed by atoms with Gasteiger partial charge in [0.2, 0.25) is 0 Å². The van der Waals surface area contributed by atoms with Crippen LogP contribution in [-0.4, -0.2) is 24.8 Å². The first-order valence-electron chi connectivity index (χ1n) is 8.40. The molecular weight excluding hydrogens is 234 g/mol.